The minimum absolute atomic E-state index is 0.347. The zero-order chi connectivity index (χ0) is 13.1. The Labute approximate surface area is 105 Å². The lowest BCUT2D eigenvalue weighted by Crippen LogP contribution is -2.13. The summed E-state index contributed by atoms with van der Waals surface area (Å²) in [5, 5.41) is 6.40. The van der Waals surface area contributed by atoms with Crippen molar-refractivity contribution in [2.24, 2.45) is 0 Å². The SMILES string of the molecule is C=CC1=C(CC)N/C(=C/c2nc(N)cc(N)n2)N1. The second-order valence-corrected chi connectivity index (χ2v) is 3.83. The van der Waals surface area contributed by atoms with E-state index in [2.05, 4.69) is 34.1 Å². The molecule has 6 N–H and O–H groups in total. The van der Waals surface area contributed by atoms with Gasteiger partial charge in [0.05, 0.1) is 5.70 Å². The molecule has 0 aromatic carbocycles. The molecule has 0 radical (unpaired) electrons. The van der Waals surface area contributed by atoms with Crippen LogP contribution in [0.2, 0.25) is 0 Å². The van der Waals surface area contributed by atoms with Crippen molar-refractivity contribution in [1.29, 1.82) is 0 Å². The molecule has 18 heavy (non-hydrogen) atoms. The minimum Gasteiger partial charge on any atom is -0.384 e. The molecular formula is C12H16N6. The van der Waals surface area contributed by atoms with E-state index in [1.807, 2.05) is 0 Å². The second kappa shape index (κ2) is 4.79. The van der Waals surface area contributed by atoms with Crippen LogP contribution in [0, 0.1) is 0 Å². The van der Waals surface area contributed by atoms with Crippen LogP contribution in [0.1, 0.15) is 19.2 Å². The van der Waals surface area contributed by atoms with Crippen molar-refractivity contribution in [3.8, 4) is 0 Å². The molecule has 0 aliphatic carbocycles. The van der Waals surface area contributed by atoms with E-state index in [0.29, 0.717) is 17.5 Å². The quantitative estimate of drug-likeness (QED) is 0.631. The van der Waals surface area contributed by atoms with Crippen LogP contribution in [-0.2, 0) is 0 Å². The third kappa shape index (κ3) is 2.42. The van der Waals surface area contributed by atoms with E-state index in [4.69, 9.17) is 11.5 Å². The number of nitrogen functional groups attached to an aromatic ring is 2. The summed E-state index contributed by atoms with van der Waals surface area (Å²) in [4.78, 5) is 8.17. The summed E-state index contributed by atoms with van der Waals surface area (Å²) in [6, 6.07) is 1.52. The van der Waals surface area contributed by atoms with Crippen molar-refractivity contribution in [2.75, 3.05) is 11.5 Å². The molecule has 0 saturated heterocycles. The maximum absolute atomic E-state index is 5.61. The van der Waals surface area contributed by atoms with Crippen LogP contribution in [0.25, 0.3) is 6.08 Å². The molecule has 94 valence electrons. The zero-order valence-corrected chi connectivity index (χ0v) is 10.2. The number of rotatable bonds is 3. The Morgan fingerprint density at radius 1 is 1.28 bits per heavy atom. The molecule has 0 amide bonds. The third-order valence-electron chi connectivity index (χ3n) is 2.49. The van der Waals surface area contributed by atoms with Crippen LogP contribution in [0.3, 0.4) is 0 Å². The monoisotopic (exact) mass is 244 g/mol. The Kier molecular flexibility index (Phi) is 3.18. The molecule has 0 unspecified atom stereocenters. The predicted octanol–water partition coefficient (Wildman–Crippen LogP) is 0.940. The molecule has 0 spiro atoms. The first-order valence-corrected chi connectivity index (χ1v) is 5.63. The van der Waals surface area contributed by atoms with E-state index in [0.717, 1.165) is 23.6 Å². The summed E-state index contributed by atoms with van der Waals surface area (Å²) < 4.78 is 0. The average Bonchev–Trinajstić information content (AvgIpc) is 2.69. The molecule has 0 fully saturated rings. The number of aromatic nitrogens is 2. The van der Waals surface area contributed by atoms with E-state index >= 15 is 0 Å². The van der Waals surface area contributed by atoms with Gasteiger partial charge in [-0.3, -0.25) is 0 Å². The molecule has 0 atom stereocenters. The van der Waals surface area contributed by atoms with Gasteiger partial charge in [0.15, 0.2) is 5.82 Å². The molecule has 0 saturated carbocycles. The highest BCUT2D eigenvalue weighted by atomic mass is 15.2. The lowest BCUT2D eigenvalue weighted by molar-refractivity contribution is 0.913. The topological polar surface area (TPSA) is 102 Å². The number of nitrogens with one attached hydrogen (secondary N) is 2. The molecule has 6 heteroatoms. The number of nitrogens with zero attached hydrogens (tertiary/aromatic N) is 2. The number of nitrogens with two attached hydrogens (primary N) is 2. The average molecular weight is 244 g/mol. The number of allylic oxidation sites excluding steroid dienone is 2. The molecule has 1 aliphatic heterocycles. The molecule has 0 bridgehead atoms. The normalized spacial score (nSPS) is 16.6. The number of anilines is 2. The number of hydrogen-bond donors (Lipinski definition) is 4. The Morgan fingerprint density at radius 2 is 1.94 bits per heavy atom. The Balaban J connectivity index is 2.24. The van der Waals surface area contributed by atoms with E-state index in [-0.39, 0.29) is 0 Å². The maximum Gasteiger partial charge on any atom is 0.160 e. The van der Waals surface area contributed by atoms with Crippen molar-refractivity contribution in [1.82, 2.24) is 20.6 Å². The van der Waals surface area contributed by atoms with Crippen LogP contribution in [-0.4, -0.2) is 9.97 Å². The van der Waals surface area contributed by atoms with Gasteiger partial charge in [-0.2, -0.15) is 0 Å². The highest BCUT2D eigenvalue weighted by Gasteiger charge is 2.14. The first-order valence-electron chi connectivity index (χ1n) is 5.63. The Hall–Kier alpha value is -2.50. The van der Waals surface area contributed by atoms with E-state index < -0.39 is 0 Å². The van der Waals surface area contributed by atoms with Crippen molar-refractivity contribution in [2.45, 2.75) is 13.3 Å². The van der Waals surface area contributed by atoms with Gasteiger partial charge < -0.3 is 22.1 Å². The van der Waals surface area contributed by atoms with Crippen molar-refractivity contribution < 1.29 is 0 Å². The minimum atomic E-state index is 0.347. The molecular weight excluding hydrogens is 228 g/mol. The Morgan fingerprint density at radius 3 is 2.44 bits per heavy atom. The summed E-state index contributed by atoms with van der Waals surface area (Å²) in [7, 11) is 0. The van der Waals surface area contributed by atoms with Gasteiger partial charge in [0, 0.05) is 17.8 Å². The highest BCUT2D eigenvalue weighted by Crippen LogP contribution is 2.16. The fourth-order valence-corrected chi connectivity index (χ4v) is 1.71. The van der Waals surface area contributed by atoms with Crippen molar-refractivity contribution >= 4 is 17.7 Å². The summed E-state index contributed by atoms with van der Waals surface area (Å²) >= 11 is 0. The fraction of sp³-hybridized carbons (Fsp3) is 0.167. The van der Waals surface area contributed by atoms with Crippen LogP contribution in [0.5, 0.6) is 0 Å². The molecule has 2 rings (SSSR count). The lowest BCUT2D eigenvalue weighted by atomic mass is 10.3. The zero-order valence-electron chi connectivity index (χ0n) is 10.2. The van der Waals surface area contributed by atoms with Crippen LogP contribution in [0.4, 0.5) is 11.6 Å². The first-order chi connectivity index (χ1) is 8.62. The molecule has 1 aromatic heterocycles. The summed E-state index contributed by atoms with van der Waals surface area (Å²) in [5.41, 5.74) is 13.3. The van der Waals surface area contributed by atoms with Gasteiger partial charge in [0.25, 0.3) is 0 Å². The van der Waals surface area contributed by atoms with Crippen LogP contribution < -0.4 is 22.1 Å². The number of hydrogen-bond acceptors (Lipinski definition) is 6. The second-order valence-electron chi connectivity index (χ2n) is 3.83. The van der Waals surface area contributed by atoms with Gasteiger partial charge >= 0.3 is 0 Å². The predicted molar refractivity (Wildman–Crippen MR) is 72.6 cm³/mol. The summed E-state index contributed by atoms with van der Waals surface area (Å²) in [5.74, 6) is 1.94. The van der Waals surface area contributed by atoms with Gasteiger partial charge in [0.1, 0.15) is 17.5 Å². The lowest BCUT2D eigenvalue weighted by Gasteiger charge is -2.03. The highest BCUT2D eigenvalue weighted by molar-refractivity contribution is 5.53. The van der Waals surface area contributed by atoms with Crippen molar-refractivity contribution in [3.05, 3.63) is 41.8 Å². The van der Waals surface area contributed by atoms with Crippen LogP contribution in [0.15, 0.2) is 35.9 Å². The maximum atomic E-state index is 5.61. The van der Waals surface area contributed by atoms with Gasteiger partial charge in [-0.15, -0.1) is 0 Å². The fourth-order valence-electron chi connectivity index (χ4n) is 1.71. The Bertz CT molecular complexity index is 523. The van der Waals surface area contributed by atoms with E-state index in [1.165, 1.54) is 6.07 Å². The largest absolute Gasteiger partial charge is 0.384 e. The molecule has 2 heterocycles. The smallest absolute Gasteiger partial charge is 0.160 e. The summed E-state index contributed by atoms with van der Waals surface area (Å²) in [6.45, 7) is 5.81. The summed E-state index contributed by atoms with van der Waals surface area (Å²) in [6.07, 6.45) is 4.39. The van der Waals surface area contributed by atoms with Gasteiger partial charge in [-0.25, -0.2) is 9.97 Å². The van der Waals surface area contributed by atoms with Gasteiger partial charge in [-0.05, 0) is 12.5 Å². The first kappa shape index (κ1) is 12.0. The van der Waals surface area contributed by atoms with E-state index in [1.54, 1.807) is 12.2 Å². The van der Waals surface area contributed by atoms with Gasteiger partial charge in [0.2, 0.25) is 0 Å². The standard InChI is InChI=1S/C12H16N6/c1-3-7-8(4-2)16-11(15-7)6-12-17-9(13)5-10(14)18-12/h3,5-6,15-16H,1,4H2,2H3,(H4,13,14,17,18)/b11-6+. The van der Waals surface area contributed by atoms with Gasteiger partial charge in [-0.1, -0.05) is 13.5 Å². The van der Waals surface area contributed by atoms with Crippen LogP contribution >= 0.6 is 0 Å². The third-order valence-corrected chi connectivity index (χ3v) is 2.49. The molecule has 1 aliphatic rings. The molecule has 1 aromatic rings. The molecule has 6 nitrogen and oxygen atoms in total. The van der Waals surface area contributed by atoms with Crippen molar-refractivity contribution in [3.63, 3.8) is 0 Å². The van der Waals surface area contributed by atoms with E-state index in [9.17, 15) is 0 Å².